The number of anilines is 2. The van der Waals surface area contributed by atoms with Gasteiger partial charge in [0.15, 0.2) is 17.0 Å². The van der Waals surface area contributed by atoms with Crippen LogP contribution in [0, 0.1) is 13.8 Å². The third-order valence-corrected chi connectivity index (χ3v) is 6.10. The van der Waals surface area contributed by atoms with Crippen LogP contribution in [0.25, 0.3) is 21.8 Å². The Morgan fingerprint density at radius 2 is 1.46 bits per heavy atom. The standard InChI is InChI=1S/C26H16BN5O3/c1-11-28-12(2)30-26(29-11)32-19-10-17-22(31-18-8-7-13(27)9-16(18)23(17)33)21-20(19)24(34)14-5-3-4-6-15(14)25(21)35/h3-10H,1-2H3,(H,31,33)(H,28,29,30,32). The molecule has 6 rings (SSSR count). The molecule has 1 aliphatic carbocycles. The molecule has 0 saturated heterocycles. The predicted octanol–water partition coefficient (Wildman–Crippen LogP) is 2.80. The highest BCUT2D eigenvalue weighted by Gasteiger charge is 2.34. The predicted molar refractivity (Wildman–Crippen MR) is 133 cm³/mol. The van der Waals surface area contributed by atoms with Crippen molar-refractivity contribution in [2.45, 2.75) is 13.8 Å². The van der Waals surface area contributed by atoms with Crippen LogP contribution in [-0.2, 0) is 0 Å². The number of hydrogen-bond donors (Lipinski definition) is 2. The van der Waals surface area contributed by atoms with Crippen molar-refractivity contribution in [1.29, 1.82) is 0 Å². The molecule has 0 aliphatic heterocycles. The van der Waals surface area contributed by atoms with Crippen LogP contribution in [0.5, 0.6) is 0 Å². The first-order valence-electron chi connectivity index (χ1n) is 10.9. The summed E-state index contributed by atoms with van der Waals surface area (Å²) in [7, 11) is 5.92. The highest BCUT2D eigenvalue weighted by molar-refractivity contribution is 6.34. The topological polar surface area (TPSA) is 118 Å². The molecular formula is C26H16BN5O3. The van der Waals surface area contributed by atoms with Crippen LogP contribution in [0.1, 0.15) is 43.5 Å². The Bertz CT molecular complexity index is 1810. The number of fused-ring (bicyclic) bond motifs is 5. The summed E-state index contributed by atoms with van der Waals surface area (Å²) >= 11 is 0. The van der Waals surface area contributed by atoms with E-state index in [2.05, 4.69) is 25.3 Å². The van der Waals surface area contributed by atoms with Crippen LogP contribution in [-0.4, -0.2) is 39.3 Å². The van der Waals surface area contributed by atoms with E-state index in [9.17, 15) is 14.4 Å². The first-order chi connectivity index (χ1) is 16.8. The maximum absolute atomic E-state index is 13.7. The maximum Gasteiger partial charge on any atom is 0.230 e. The van der Waals surface area contributed by atoms with Crippen LogP contribution in [0.15, 0.2) is 53.3 Å². The van der Waals surface area contributed by atoms with E-state index in [1.165, 1.54) is 0 Å². The zero-order valence-corrected chi connectivity index (χ0v) is 18.8. The van der Waals surface area contributed by atoms with Crippen molar-refractivity contribution in [3.05, 3.63) is 92.7 Å². The second kappa shape index (κ2) is 7.43. The second-order valence-electron chi connectivity index (χ2n) is 8.44. The summed E-state index contributed by atoms with van der Waals surface area (Å²) in [4.78, 5) is 56.9. The third kappa shape index (κ3) is 3.16. The first kappa shape index (κ1) is 20.9. The van der Waals surface area contributed by atoms with E-state index >= 15 is 0 Å². The lowest BCUT2D eigenvalue weighted by molar-refractivity contribution is 0.0981. The van der Waals surface area contributed by atoms with Crippen LogP contribution in [0.4, 0.5) is 11.6 Å². The average Bonchev–Trinajstić information content (AvgIpc) is 2.82. The molecular weight excluding hydrogens is 441 g/mol. The number of pyridine rings is 1. The normalized spacial score (nSPS) is 12.6. The van der Waals surface area contributed by atoms with E-state index in [0.717, 1.165) is 0 Å². The molecule has 0 atom stereocenters. The molecule has 2 aromatic heterocycles. The van der Waals surface area contributed by atoms with E-state index in [0.29, 0.717) is 39.1 Å². The van der Waals surface area contributed by atoms with Crippen molar-refractivity contribution < 1.29 is 9.59 Å². The fourth-order valence-electron chi connectivity index (χ4n) is 4.63. The molecule has 2 N–H and O–H groups in total. The Morgan fingerprint density at radius 3 is 2.14 bits per heavy atom. The van der Waals surface area contributed by atoms with Crippen LogP contribution >= 0.6 is 0 Å². The average molecular weight is 457 g/mol. The number of H-pyrrole nitrogens is 1. The molecule has 166 valence electrons. The highest BCUT2D eigenvalue weighted by Crippen LogP contribution is 2.37. The van der Waals surface area contributed by atoms with E-state index < -0.39 is 0 Å². The molecule has 2 radical (unpaired) electrons. The van der Waals surface area contributed by atoms with Crippen LogP contribution in [0.2, 0.25) is 0 Å². The molecule has 0 fully saturated rings. The van der Waals surface area contributed by atoms with Gasteiger partial charge in [-0.25, -0.2) is 4.98 Å². The van der Waals surface area contributed by atoms with Gasteiger partial charge in [0.1, 0.15) is 19.5 Å². The number of aromatic nitrogens is 4. The maximum atomic E-state index is 13.7. The Labute approximate surface area is 199 Å². The van der Waals surface area contributed by atoms with Crippen molar-refractivity contribution in [3.8, 4) is 0 Å². The molecule has 8 nitrogen and oxygen atoms in total. The van der Waals surface area contributed by atoms with Gasteiger partial charge >= 0.3 is 0 Å². The zero-order valence-electron chi connectivity index (χ0n) is 18.8. The molecule has 9 heteroatoms. The molecule has 5 aromatic rings. The number of carbonyl (C=O) groups excluding carboxylic acids is 2. The van der Waals surface area contributed by atoms with Gasteiger partial charge in [0, 0.05) is 27.4 Å². The lowest BCUT2D eigenvalue weighted by Crippen LogP contribution is -2.24. The number of aryl methyl sites for hydroxylation is 2. The Kier molecular flexibility index (Phi) is 4.44. The van der Waals surface area contributed by atoms with Crippen molar-refractivity contribution in [2.75, 3.05) is 5.32 Å². The number of nitrogens with zero attached hydrogens (tertiary/aromatic N) is 3. The molecule has 0 bridgehead atoms. The second-order valence-corrected chi connectivity index (χ2v) is 8.44. The lowest BCUT2D eigenvalue weighted by Gasteiger charge is -2.22. The molecule has 1 aliphatic rings. The minimum absolute atomic E-state index is 0.132. The number of aromatic amines is 1. The monoisotopic (exact) mass is 457 g/mol. The van der Waals surface area contributed by atoms with Gasteiger partial charge in [-0.15, -0.1) is 0 Å². The number of ketones is 2. The zero-order chi connectivity index (χ0) is 24.4. The van der Waals surface area contributed by atoms with Crippen molar-refractivity contribution >= 4 is 58.3 Å². The minimum atomic E-state index is -0.350. The van der Waals surface area contributed by atoms with E-state index in [-0.39, 0.29) is 50.7 Å². The summed E-state index contributed by atoms with van der Waals surface area (Å²) in [5, 5.41) is 3.68. The van der Waals surface area contributed by atoms with Crippen LogP contribution in [0.3, 0.4) is 0 Å². The molecule has 3 aromatic carbocycles. The fourth-order valence-corrected chi connectivity index (χ4v) is 4.63. The molecule has 0 amide bonds. The summed E-state index contributed by atoms with van der Waals surface area (Å²) in [6.45, 7) is 3.45. The minimum Gasteiger partial charge on any atom is -0.354 e. The fraction of sp³-hybridized carbons (Fsp3) is 0.0769. The van der Waals surface area contributed by atoms with Crippen LogP contribution < -0.4 is 16.2 Å². The smallest absolute Gasteiger partial charge is 0.230 e. The Hall–Kier alpha value is -4.66. The Morgan fingerprint density at radius 1 is 0.800 bits per heavy atom. The summed E-state index contributed by atoms with van der Waals surface area (Å²) in [6.07, 6.45) is 0. The summed E-state index contributed by atoms with van der Waals surface area (Å²) < 4.78 is 0. The third-order valence-electron chi connectivity index (χ3n) is 6.10. The quantitative estimate of drug-likeness (QED) is 0.303. The van der Waals surface area contributed by atoms with Gasteiger partial charge in [-0.2, -0.15) is 9.97 Å². The van der Waals surface area contributed by atoms with Gasteiger partial charge in [0.05, 0.1) is 22.3 Å². The van der Waals surface area contributed by atoms with Gasteiger partial charge in [-0.1, -0.05) is 41.9 Å². The number of hydrogen-bond acceptors (Lipinski definition) is 7. The van der Waals surface area contributed by atoms with Gasteiger partial charge in [0.25, 0.3) is 0 Å². The number of benzene rings is 3. The largest absolute Gasteiger partial charge is 0.354 e. The van der Waals surface area contributed by atoms with Crippen molar-refractivity contribution in [1.82, 2.24) is 19.9 Å². The SMILES string of the molecule is [B]c1ccc2[nH]c3c4c(c(Nc5nc(C)nc(C)n5)cc3c(=O)c2c1)C(=O)c1ccccc1C4=O. The Balaban J connectivity index is 1.73. The molecule has 0 unspecified atom stereocenters. The van der Waals surface area contributed by atoms with Gasteiger partial charge in [-0.05, 0) is 26.0 Å². The number of rotatable bonds is 2. The number of nitrogens with one attached hydrogen (secondary N) is 2. The molecule has 35 heavy (non-hydrogen) atoms. The van der Waals surface area contributed by atoms with E-state index in [4.69, 9.17) is 7.85 Å². The lowest BCUT2D eigenvalue weighted by atomic mass is 9.81. The van der Waals surface area contributed by atoms with E-state index in [1.54, 1.807) is 62.4 Å². The van der Waals surface area contributed by atoms with E-state index in [1.807, 2.05) is 0 Å². The highest BCUT2D eigenvalue weighted by atomic mass is 16.1. The molecule has 0 saturated carbocycles. The molecule has 0 spiro atoms. The van der Waals surface area contributed by atoms with Crippen molar-refractivity contribution in [3.63, 3.8) is 0 Å². The number of carbonyl (C=O) groups is 2. The van der Waals surface area contributed by atoms with Crippen molar-refractivity contribution in [2.24, 2.45) is 0 Å². The summed E-state index contributed by atoms with van der Waals surface area (Å²) in [6, 6.07) is 13.1. The first-order valence-corrected chi connectivity index (χ1v) is 10.9. The molecule has 2 heterocycles. The van der Waals surface area contributed by atoms with Gasteiger partial charge < -0.3 is 10.3 Å². The van der Waals surface area contributed by atoms with Gasteiger partial charge in [-0.3, -0.25) is 14.4 Å². The summed E-state index contributed by atoms with van der Waals surface area (Å²) in [5.41, 5.74) is 2.07. The van der Waals surface area contributed by atoms with Gasteiger partial charge in [0.2, 0.25) is 5.95 Å². The summed E-state index contributed by atoms with van der Waals surface area (Å²) in [5.74, 6) is 0.498.